The van der Waals surface area contributed by atoms with Gasteiger partial charge in [0.05, 0.1) is 5.69 Å². The largest absolute Gasteiger partial charge is 0.476 e. The second kappa shape index (κ2) is 3.51. The summed E-state index contributed by atoms with van der Waals surface area (Å²) in [5.74, 6) is 0.777. The molecule has 1 aliphatic carbocycles. The smallest absolute Gasteiger partial charge is 0.218 e. The number of ether oxygens (including phenoxy) is 1. The number of hydrogen-bond acceptors (Lipinski definition) is 3. The van der Waals surface area contributed by atoms with E-state index >= 15 is 0 Å². The highest BCUT2D eigenvalue weighted by Gasteiger charge is 2.12. The van der Waals surface area contributed by atoms with Crippen molar-refractivity contribution in [1.29, 1.82) is 0 Å². The van der Waals surface area contributed by atoms with E-state index in [-0.39, 0.29) is 0 Å². The second-order valence-electron chi connectivity index (χ2n) is 3.67. The summed E-state index contributed by atoms with van der Waals surface area (Å²) in [5, 5.41) is 3.29. The van der Waals surface area contributed by atoms with Crippen molar-refractivity contribution in [1.82, 2.24) is 10.3 Å². The molecule has 1 aromatic rings. The van der Waals surface area contributed by atoms with Gasteiger partial charge in [0.2, 0.25) is 5.88 Å². The Hall–Kier alpha value is -1.61. The summed E-state index contributed by atoms with van der Waals surface area (Å²) in [6.07, 6.45) is 6.14. The van der Waals surface area contributed by atoms with Crippen LogP contribution >= 0.6 is 0 Å². The van der Waals surface area contributed by atoms with Gasteiger partial charge < -0.3 is 10.1 Å². The molecule has 3 heteroatoms. The molecule has 0 atom stereocenters. The van der Waals surface area contributed by atoms with Crippen LogP contribution in [-0.4, -0.2) is 18.1 Å². The monoisotopic (exact) mass is 200 g/mol. The van der Waals surface area contributed by atoms with E-state index in [1.807, 2.05) is 12.1 Å². The predicted molar refractivity (Wildman–Crippen MR) is 58.6 cm³/mol. The molecule has 0 unspecified atom stereocenters. The molecular weight excluding hydrogens is 188 g/mol. The van der Waals surface area contributed by atoms with Crippen LogP contribution in [-0.2, 0) is 6.54 Å². The van der Waals surface area contributed by atoms with Crippen molar-refractivity contribution in [3.8, 4) is 5.88 Å². The lowest BCUT2D eigenvalue weighted by molar-refractivity contribution is 0.313. The molecule has 1 aliphatic heterocycles. The fourth-order valence-corrected chi connectivity index (χ4v) is 1.70. The number of hydrogen-bond donors (Lipinski definition) is 1. The van der Waals surface area contributed by atoms with E-state index in [0.717, 1.165) is 30.2 Å². The first-order valence-electron chi connectivity index (χ1n) is 5.16. The van der Waals surface area contributed by atoms with Crippen molar-refractivity contribution in [3.63, 3.8) is 0 Å². The van der Waals surface area contributed by atoms with Gasteiger partial charge in [-0.1, -0.05) is 24.3 Å². The number of allylic oxidation sites excluding steroid dienone is 4. The van der Waals surface area contributed by atoms with Gasteiger partial charge in [0.25, 0.3) is 0 Å². The molecule has 0 amide bonds. The van der Waals surface area contributed by atoms with Crippen LogP contribution in [0.4, 0.5) is 0 Å². The van der Waals surface area contributed by atoms with Crippen LogP contribution in [0.3, 0.4) is 0 Å². The molecule has 1 aromatic heterocycles. The minimum Gasteiger partial charge on any atom is -0.476 e. The Balaban J connectivity index is 1.97. The molecule has 0 aromatic carbocycles. The Labute approximate surface area is 88.5 Å². The predicted octanol–water partition coefficient (Wildman–Crippen LogP) is 1.52. The van der Waals surface area contributed by atoms with Crippen molar-refractivity contribution in [2.45, 2.75) is 6.54 Å². The molecular formula is C12H12N2O. The molecule has 2 heterocycles. The molecule has 0 spiro atoms. The fourth-order valence-electron chi connectivity index (χ4n) is 1.70. The summed E-state index contributed by atoms with van der Waals surface area (Å²) in [7, 11) is 0. The molecule has 3 nitrogen and oxygen atoms in total. The Morgan fingerprint density at radius 2 is 2.27 bits per heavy atom. The molecule has 76 valence electrons. The summed E-state index contributed by atoms with van der Waals surface area (Å²) < 4.78 is 5.58. The van der Waals surface area contributed by atoms with E-state index in [9.17, 15) is 0 Å². The van der Waals surface area contributed by atoms with Crippen LogP contribution in [0.1, 0.15) is 11.3 Å². The fraction of sp³-hybridized carbons (Fsp3) is 0.250. The summed E-state index contributed by atoms with van der Waals surface area (Å²) in [5.41, 5.74) is 3.32. The minimum absolute atomic E-state index is 0.693. The third kappa shape index (κ3) is 1.55. The SMILES string of the molecule is C1=CC(c2ccc3c(n2)OCCNC3)=C1. The Morgan fingerprint density at radius 3 is 3.07 bits per heavy atom. The highest BCUT2D eigenvalue weighted by atomic mass is 16.5. The van der Waals surface area contributed by atoms with Gasteiger partial charge in [-0.3, -0.25) is 0 Å². The van der Waals surface area contributed by atoms with E-state index in [1.54, 1.807) is 0 Å². The molecule has 3 rings (SSSR count). The zero-order chi connectivity index (χ0) is 10.1. The molecule has 0 radical (unpaired) electrons. The number of nitrogens with zero attached hydrogens (tertiary/aromatic N) is 1. The van der Waals surface area contributed by atoms with Crippen LogP contribution < -0.4 is 10.1 Å². The molecule has 0 saturated carbocycles. The van der Waals surface area contributed by atoms with Crippen molar-refractivity contribution in [3.05, 3.63) is 41.6 Å². The highest BCUT2D eigenvalue weighted by molar-refractivity contribution is 5.79. The standard InChI is InChI=1S/C12H12N2O/c1-2-9(3-1)11-5-4-10-8-13-6-7-15-12(10)14-11/h1-5,13H,6-8H2. The molecule has 0 fully saturated rings. The van der Waals surface area contributed by atoms with E-state index in [0.29, 0.717) is 6.61 Å². The topological polar surface area (TPSA) is 34.1 Å². The first kappa shape index (κ1) is 8.68. The molecule has 0 bridgehead atoms. The minimum atomic E-state index is 0.693. The maximum absolute atomic E-state index is 5.58. The van der Waals surface area contributed by atoms with Crippen LogP contribution in [0.15, 0.2) is 30.4 Å². The van der Waals surface area contributed by atoms with Gasteiger partial charge in [-0.2, -0.15) is 0 Å². The normalized spacial score (nSPS) is 18.3. The van der Waals surface area contributed by atoms with Gasteiger partial charge in [0.1, 0.15) is 6.61 Å². The number of pyridine rings is 1. The Morgan fingerprint density at radius 1 is 1.33 bits per heavy atom. The summed E-state index contributed by atoms with van der Waals surface area (Å²) in [6.45, 7) is 2.42. The number of fused-ring (bicyclic) bond motifs is 1. The van der Waals surface area contributed by atoms with E-state index in [1.165, 1.54) is 5.57 Å². The second-order valence-corrected chi connectivity index (χ2v) is 3.67. The van der Waals surface area contributed by atoms with Crippen LogP contribution in [0.5, 0.6) is 5.88 Å². The van der Waals surface area contributed by atoms with Crippen LogP contribution in [0, 0.1) is 0 Å². The van der Waals surface area contributed by atoms with E-state index in [4.69, 9.17) is 4.74 Å². The van der Waals surface area contributed by atoms with Gasteiger partial charge in [-0.05, 0) is 6.07 Å². The van der Waals surface area contributed by atoms with Gasteiger partial charge >= 0.3 is 0 Å². The number of rotatable bonds is 1. The van der Waals surface area contributed by atoms with Crippen LogP contribution in [0.25, 0.3) is 5.57 Å². The Bertz CT molecular complexity index is 449. The average molecular weight is 200 g/mol. The zero-order valence-corrected chi connectivity index (χ0v) is 8.36. The quantitative estimate of drug-likeness (QED) is 0.746. The summed E-state index contributed by atoms with van der Waals surface area (Å²) in [4.78, 5) is 4.51. The Kier molecular flexibility index (Phi) is 2.03. The maximum atomic E-state index is 5.58. The third-order valence-corrected chi connectivity index (χ3v) is 2.62. The van der Waals surface area contributed by atoms with Gasteiger partial charge in [-0.15, -0.1) is 0 Å². The summed E-state index contributed by atoms with van der Waals surface area (Å²) in [6, 6.07) is 4.13. The third-order valence-electron chi connectivity index (χ3n) is 2.62. The van der Waals surface area contributed by atoms with E-state index in [2.05, 4.69) is 28.5 Å². The van der Waals surface area contributed by atoms with Crippen molar-refractivity contribution < 1.29 is 4.74 Å². The lowest BCUT2D eigenvalue weighted by atomic mass is 10.0. The van der Waals surface area contributed by atoms with Crippen molar-refractivity contribution in [2.75, 3.05) is 13.2 Å². The maximum Gasteiger partial charge on any atom is 0.218 e. The molecule has 15 heavy (non-hydrogen) atoms. The number of nitrogens with one attached hydrogen (secondary N) is 1. The van der Waals surface area contributed by atoms with Crippen molar-refractivity contribution >= 4 is 5.57 Å². The number of aromatic nitrogens is 1. The summed E-state index contributed by atoms with van der Waals surface area (Å²) >= 11 is 0. The van der Waals surface area contributed by atoms with Gasteiger partial charge in [-0.25, -0.2) is 4.98 Å². The first-order valence-corrected chi connectivity index (χ1v) is 5.16. The lowest BCUT2D eigenvalue weighted by Crippen LogP contribution is -2.16. The molecule has 1 N–H and O–H groups in total. The van der Waals surface area contributed by atoms with Crippen LogP contribution in [0.2, 0.25) is 0 Å². The first-order chi connectivity index (χ1) is 7.43. The molecule has 0 saturated heterocycles. The molecule has 2 aliphatic rings. The van der Waals surface area contributed by atoms with Crippen molar-refractivity contribution in [2.24, 2.45) is 0 Å². The van der Waals surface area contributed by atoms with E-state index < -0.39 is 0 Å². The van der Waals surface area contributed by atoms with Gasteiger partial charge in [0, 0.05) is 24.2 Å². The average Bonchev–Trinajstić information content (AvgIpc) is 2.39. The van der Waals surface area contributed by atoms with Gasteiger partial charge in [0.15, 0.2) is 0 Å². The highest BCUT2D eigenvalue weighted by Crippen LogP contribution is 2.25. The zero-order valence-electron chi connectivity index (χ0n) is 8.36. The lowest BCUT2D eigenvalue weighted by Gasteiger charge is -2.10.